The number of halogens is 1. The van der Waals surface area contributed by atoms with Crippen molar-refractivity contribution < 1.29 is 22.7 Å². The van der Waals surface area contributed by atoms with Gasteiger partial charge >= 0.3 is 5.97 Å². The van der Waals surface area contributed by atoms with E-state index in [1.807, 2.05) is 13.8 Å². The molecule has 0 unspecified atom stereocenters. The fourth-order valence-corrected chi connectivity index (χ4v) is 4.15. The molecule has 8 heteroatoms. The summed E-state index contributed by atoms with van der Waals surface area (Å²) in [5.41, 5.74) is -1.07. The highest BCUT2D eigenvalue weighted by Crippen LogP contribution is 2.22. The van der Waals surface area contributed by atoms with Gasteiger partial charge in [-0.3, -0.25) is 4.90 Å². The Morgan fingerprint density at radius 3 is 2.50 bits per heavy atom. The molecule has 0 bridgehead atoms. The van der Waals surface area contributed by atoms with Gasteiger partial charge in [0.15, 0.2) is 5.82 Å². The molecule has 134 valence electrons. The minimum atomic E-state index is -4.13. The topological polar surface area (TPSA) is 86.7 Å². The lowest BCUT2D eigenvalue weighted by atomic mass is 9.99. The van der Waals surface area contributed by atoms with E-state index >= 15 is 0 Å². The number of likely N-dealkylation sites (tertiary alicyclic amines) is 1. The van der Waals surface area contributed by atoms with Crippen LogP contribution < -0.4 is 4.72 Å². The fourth-order valence-electron chi connectivity index (χ4n) is 2.84. The Morgan fingerprint density at radius 2 is 1.92 bits per heavy atom. The molecule has 1 fully saturated rings. The molecule has 1 aliphatic heterocycles. The molecule has 1 saturated heterocycles. The van der Waals surface area contributed by atoms with E-state index in [1.165, 1.54) is 12.5 Å². The van der Waals surface area contributed by atoms with Gasteiger partial charge in [0.1, 0.15) is 4.90 Å². The first-order valence-electron chi connectivity index (χ1n) is 7.92. The third-order valence-electron chi connectivity index (χ3n) is 4.39. The van der Waals surface area contributed by atoms with Crippen LogP contribution in [0.1, 0.15) is 43.5 Å². The highest BCUT2D eigenvalue weighted by atomic mass is 32.2. The summed E-state index contributed by atoms with van der Waals surface area (Å²) in [5.74, 6) is -2.74. The van der Waals surface area contributed by atoms with E-state index in [-0.39, 0.29) is 6.54 Å². The zero-order valence-electron chi connectivity index (χ0n) is 13.9. The number of carboxylic acid groups (broad SMARTS) is 1. The lowest BCUT2D eigenvalue weighted by molar-refractivity contribution is 0.0691. The first-order chi connectivity index (χ1) is 11.1. The molecule has 0 aromatic heterocycles. The van der Waals surface area contributed by atoms with E-state index in [2.05, 4.69) is 9.62 Å². The Morgan fingerprint density at radius 1 is 1.29 bits per heavy atom. The van der Waals surface area contributed by atoms with Crippen LogP contribution in [0.15, 0.2) is 23.1 Å². The molecule has 1 heterocycles. The molecular formula is C16H23FN2O4S. The van der Waals surface area contributed by atoms with Crippen molar-refractivity contribution >= 4 is 16.0 Å². The molecule has 1 aliphatic rings. The zero-order chi connectivity index (χ0) is 18.0. The summed E-state index contributed by atoms with van der Waals surface area (Å²) < 4.78 is 41.4. The van der Waals surface area contributed by atoms with Crippen LogP contribution in [0.2, 0.25) is 0 Å². The third-order valence-corrected chi connectivity index (χ3v) is 5.81. The van der Waals surface area contributed by atoms with Crippen molar-refractivity contribution in [2.75, 3.05) is 19.6 Å². The van der Waals surface area contributed by atoms with Crippen molar-refractivity contribution in [3.63, 3.8) is 0 Å². The molecule has 0 amide bonds. The monoisotopic (exact) mass is 358 g/mol. The molecule has 0 atom stereocenters. The van der Waals surface area contributed by atoms with E-state index in [0.717, 1.165) is 38.1 Å². The standard InChI is InChI=1S/C16H23FN2O4S/c1-16(2,19-9-4-3-5-10-19)11-18-24(22,23)13-8-6-7-12(14(13)17)15(20)21/h6-8,18H,3-5,9-11H2,1-2H3,(H,20,21). The van der Waals surface area contributed by atoms with Gasteiger partial charge in [-0.25, -0.2) is 22.3 Å². The van der Waals surface area contributed by atoms with E-state index in [9.17, 15) is 17.6 Å². The maximum absolute atomic E-state index is 14.2. The molecular weight excluding hydrogens is 335 g/mol. The van der Waals surface area contributed by atoms with Crippen LogP contribution in [-0.2, 0) is 10.0 Å². The molecule has 24 heavy (non-hydrogen) atoms. The van der Waals surface area contributed by atoms with E-state index in [1.54, 1.807) is 0 Å². The maximum Gasteiger partial charge on any atom is 0.338 e. The Bertz CT molecular complexity index is 713. The van der Waals surface area contributed by atoms with Crippen molar-refractivity contribution in [3.8, 4) is 0 Å². The predicted octanol–water partition coefficient (Wildman–Crippen LogP) is 2.07. The highest BCUT2D eigenvalue weighted by Gasteiger charge is 2.31. The smallest absolute Gasteiger partial charge is 0.338 e. The zero-order valence-corrected chi connectivity index (χ0v) is 14.7. The van der Waals surface area contributed by atoms with Crippen molar-refractivity contribution in [1.29, 1.82) is 0 Å². The van der Waals surface area contributed by atoms with Gasteiger partial charge < -0.3 is 5.11 Å². The number of aromatic carboxylic acids is 1. The number of hydrogen-bond donors (Lipinski definition) is 2. The lowest BCUT2D eigenvalue weighted by Gasteiger charge is -2.41. The van der Waals surface area contributed by atoms with Gasteiger partial charge in [0, 0.05) is 12.1 Å². The lowest BCUT2D eigenvalue weighted by Crippen LogP contribution is -2.53. The first kappa shape index (κ1) is 18.8. The van der Waals surface area contributed by atoms with Gasteiger partial charge in [-0.1, -0.05) is 12.5 Å². The number of benzene rings is 1. The summed E-state index contributed by atoms with van der Waals surface area (Å²) in [4.78, 5) is 12.5. The normalized spacial score (nSPS) is 17.0. The number of rotatable bonds is 6. The van der Waals surface area contributed by atoms with Crippen molar-refractivity contribution in [2.24, 2.45) is 0 Å². The second-order valence-corrected chi connectivity index (χ2v) is 8.34. The minimum Gasteiger partial charge on any atom is -0.478 e. The van der Waals surface area contributed by atoms with Crippen LogP contribution in [0.4, 0.5) is 4.39 Å². The molecule has 2 N–H and O–H groups in total. The summed E-state index contributed by atoms with van der Waals surface area (Å²) in [6.45, 7) is 5.79. The van der Waals surface area contributed by atoms with Gasteiger partial charge in [-0.2, -0.15) is 0 Å². The maximum atomic E-state index is 14.2. The molecule has 1 aromatic carbocycles. The Balaban J connectivity index is 2.17. The number of piperidine rings is 1. The number of nitrogens with one attached hydrogen (secondary N) is 1. The summed E-state index contributed by atoms with van der Waals surface area (Å²) in [6, 6.07) is 3.32. The van der Waals surface area contributed by atoms with Gasteiger partial charge in [0.05, 0.1) is 5.56 Å². The second-order valence-electron chi connectivity index (χ2n) is 6.61. The van der Waals surface area contributed by atoms with Crippen LogP contribution >= 0.6 is 0 Å². The van der Waals surface area contributed by atoms with Crippen LogP contribution in [0.25, 0.3) is 0 Å². The summed E-state index contributed by atoms with van der Waals surface area (Å²) in [7, 11) is -4.13. The van der Waals surface area contributed by atoms with Crippen LogP contribution in [0.5, 0.6) is 0 Å². The molecule has 1 aromatic rings. The predicted molar refractivity (Wildman–Crippen MR) is 88.1 cm³/mol. The molecule has 0 saturated carbocycles. The summed E-state index contributed by atoms with van der Waals surface area (Å²) >= 11 is 0. The van der Waals surface area contributed by atoms with Gasteiger partial charge in [0.25, 0.3) is 0 Å². The SMILES string of the molecule is CC(C)(CNS(=O)(=O)c1cccc(C(=O)O)c1F)N1CCCCC1. The van der Waals surface area contributed by atoms with E-state index in [4.69, 9.17) is 5.11 Å². The molecule has 0 aliphatic carbocycles. The van der Waals surface area contributed by atoms with Crippen molar-refractivity contribution in [2.45, 2.75) is 43.5 Å². The number of hydrogen-bond acceptors (Lipinski definition) is 4. The largest absolute Gasteiger partial charge is 0.478 e. The highest BCUT2D eigenvalue weighted by molar-refractivity contribution is 7.89. The number of sulfonamides is 1. The minimum absolute atomic E-state index is 0.117. The van der Waals surface area contributed by atoms with Gasteiger partial charge in [-0.05, 0) is 51.9 Å². The van der Waals surface area contributed by atoms with Crippen LogP contribution in [-0.4, -0.2) is 49.6 Å². The van der Waals surface area contributed by atoms with E-state index < -0.39 is 37.8 Å². The number of carbonyl (C=O) groups is 1. The Hall–Kier alpha value is -1.51. The average Bonchev–Trinajstić information content (AvgIpc) is 2.54. The quantitative estimate of drug-likeness (QED) is 0.813. The Kier molecular flexibility index (Phi) is 5.62. The number of carboxylic acids is 1. The van der Waals surface area contributed by atoms with E-state index in [0.29, 0.717) is 0 Å². The van der Waals surface area contributed by atoms with Crippen molar-refractivity contribution in [3.05, 3.63) is 29.6 Å². The summed E-state index contributed by atoms with van der Waals surface area (Å²) in [6.07, 6.45) is 3.32. The van der Waals surface area contributed by atoms with Crippen LogP contribution in [0, 0.1) is 5.82 Å². The molecule has 2 rings (SSSR count). The number of nitrogens with zero attached hydrogens (tertiary/aromatic N) is 1. The third kappa shape index (κ3) is 4.12. The fraction of sp³-hybridized carbons (Fsp3) is 0.562. The van der Waals surface area contributed by atoms with Gasteiger partial charge in [0.2, 0.25) is 10.0 Å². The second kappa shape index (κ2) is 7.16. The molecule has 6 nitrogen and oxygen atoms in total. The average molecular weight is 358 g/mol. The van der Waals surface area contributed by atoms with Gasteiger partial charge in [-0.15, -0.1) is 0 Å². The molecule has 0 radical (unpaired) electrons. The first-order valence-corrected chi connectivity index (χ1v) is 9.40. The van der Waals surface area contributed by atoms with Crippen molar-refractivity contribution in [1.82, 2.24) is 9.62 Å². The summed E-state index contributed by atoms with van der Waals surface area (Å²) in [5, 5.41) is 8.92. The van der Waals surface area contributed by atoms with Crippen LogP contribution in [0.3, 0.4) is 0 Å². The Labute approximate surface area is 141 Å². The molecule has 0 spiro atoms.